The van der Waals surface area contributed by atoms with Crippen molar-refractivity contribution in [3.05, 3.63) is 52.0 Å². The van der Waals surface area contributed by atoms with E-state index in [1.54, 1.807) is 24.3 Å². The first-order chi connectivity index (χ1) is 13.2. The fraction of sp³-hybridized carbons (Fsp3) is 0.250. The molecule has 0 bridgehead atoms. The molecule has 0 saturated carbocycles. The van der Waals surface area contributed by atoms with Gasteiger partial charge in [-0.2, -0.15) is 0 Å². The van der Waals surface area contributed by atoms with Crippen molar-refractivity contribution in [2.75, 3.05) is 10.6 Å². The lowest BCUT2D eigenvalue weighted by molar-refractivity contribution is -0.114. The zero-order chi connectivity index (χ0) is 20.8. The van der Waals surface area contributed by atoms with E-state index in [9.17, 15) is 9.59 Å². The molecule has 0 heterocycles. The van der Waals surface area contributed by atoms with Crippen molar-refractivity contribution >= 4 is 56.4 Å². The van der Waals surface area contributed by atoms with Crippen LogP contribution in [0.3, 0.4) is 0 Å². The van der Waals surface area contributed by atoms with Crippen molar-refractivity contribution in [2.45, 2.75) is 33.8 Å². The van der Waals surface area contributed by atoms with E-state index in [4.69, 9.17) is 17.0 Å². The second-order valence-electron chi connectivity index (χ2n) is 6.43. The SMILES string of the molecule is CC(=O)Nc1cc(NC(=S)NC(=O)c2cc(Br)ccc2OC(C)C)ccc1C. The van der Waals surface area contributed by atoms with Crippen molar-refractivity contribution in [1.29, 1.82) is 0 Å². The molecular formula is C20H22BrN3O3S. The summed E-state index contributed by atoms with van der Waals surface area (Å²) in [5.74, 6) is -0.0751. The quantitative estimate of drug-likeness (QED) is 0.563. The van der Waals surface area contributed by atoms with Gasteiger partial charge >= 0.3 is 0 Å². The van der Waals surface area contributed by atoms with Gasteiger partial charge in [0.05, 0.1) is 11.7 Å². The van der Waals surface area contributed by atoms with Crippen LogP contribution in [-0.2, 0) is 4.79 Å². The van der Waals surface area contributed by atoms with E-state index in [1.165, 1.54) is 6.92 Å². The van der Waals surface area contributed by atoms with Gasteiger partial charge < -0.3 is 15.4 Å². The van der Waals surface area contributed by atoms with E-state index in [1.807, 2.05) is 32.9 Å². The number of aryl methyl sites for hydroxylation is 1. The summed E-state index contributed by atoms with van der Waals surface area (Å²) < 4.78 is 6.46. The average Bonchev–Trinajstić information content (AvgIpc) is 2.58. The summed E-state index contributed by atoms with van der Waals surface area (Å²) in [6, 6.07) is 10.6. The van der Waals surface area contributed by atoms with Crippen LogP contribution in [0.4, 0.5) is 11.4 Å². The number of anilines is 2. The second kappa shape index (κ2) is 9.66. The Morgan fingerprint density at radius 2 is 1.82 bits per heavy atom. The summed E-state index contributed by atoms with van der Waals surface area (Å²) in [7, 11) is 0. The lowest BCUT2D eigenvalue weighted by Gasteiger charge is -2.16. The van der Waals surface area contributed by atoms with E-state index in [0.717, 1.165) is 10.0 Å². The van der Waals surface area contributed by atoms with Crippen LogP contribution in [-0.4, -0.2) is 23.0 Å². The molecule has 0 aliphatic carbocycles. The molecule has 0 saturated heterocycles. The van der Waals surface area contributed by atoms with Gasteiger partial charge in [-0.05, 0) is 68.9 Å². The van der Waals surface area contributed by atoms with Crippen LogP contribution in [0.2, 0.25) is 0 Å². The fourth-order valence-electron chi connectivity index (χ4n) is 2.39. The molecule has 2 rings (SSSR count). The van der Waals surface area contributed by atoms with Gasteiger partial charge in [0.25, 0.3) is 5.91 Å². The average molecular weight is 464 g/mol. The standard InChI is InChI=1S/C20H22BrN3O3S/c1-11(2)27-18-8-6-14(21)9-16(18)19(26)24-20(28)23-15-7-5-12(3)17(10-15)22-13(4)25/h5-11H,1-4H3,(H,22,25)(H2,23,24,26,28). The molecule has 0 aromatic heterocycles. The van der Waals surface area contributed by atoms with Crippen molar-refractivity contribution in [3.63, 3.8) is 0 Å². The van der Waals surface area contributed by atoms with Gasteiger partial charge in [-0.3, -0.25) is 14.9 Å². The Hall–Kier alpha value is -2.45. The summed E-state index contributed by atoms with van der Waals surface area (Å²) >= 11 is 8.62. The molecule has 0 aliphatic heterocycles. The molecule has 6 nitrogen and oxygen atoms in total. The maximum Gasteiger partial charge on any atom is 0.261 e. The molecule has 0 aliphatic rings. The highest BCUT2D eigenvalue weighted by molar-refractivity contribution is 9.10. The number of hydrogen-bond acceptors (Lipinski definition) is 4. The molecule has 2 amide bonds. The van der Waals surface area contributed by atoms with Crippen molar-refractivity contribution in [3.8, 4) is 5.75 Å². The highest BCUT2D eigenvalue weighted by Crippen LogP contribution is 2.24. The van der Waals surface area contributed by atoms with E-state index < -0.39 is 0 Å². The van der Waals surface area contributed by atoms with Crippen LogP contribution in [0.25, 0.3) is 0 Å². The lowest BCUT2D eigenvalue weighted by atomic mass is 10.1. The maximum absolute atomic E-state index is 12.7. The Labute approximate surface area is 178 Å². The molecule has 0 spiro atoms. The largest absolute Gasteiger partial charge is 0.490 e. The highest BCUT2D eigenvalue weighted by atomic mass is 79.9. The first-order valence-corrected chi connectivity index (χ1v) is 9.82. The zero-order valence-corrected chi connectivity index (χ0v) is 18.5. The fourth-order valence-corrected chi connectivity index (χ4v) is 2.96. The Balaban J connectivity index is 2.12. The molecule has 2 aromatic carbocycles. The monoisotopic (exact) mass is 463 g/mol. The number of ether oxygens (including phenoxy) is 1. The number of nitrogens with one attached hydrogen (secondary N) is 3. The normalized spacial score (nSPS) is 10.4. The first-order valence-electron chi connectivity index (χ1n) is 8.62. The number of carbonyl (C=O) groups excluding carboxylic acids is 2. The Morgan fingerprint density at radius 1 is 1.11 bits per heavy atom. The third-order valence-electron chi connectivity index (χ3n) is 3.58. The Bertz CT molecular complexity index is 916. The van der Waals surface area contributed by atoms with Crippen molar-refractivity contribution in [1.82, 2.24) is 5.32 Å². The van der Waals surface area contributed by atoms with Crippen LogP contribution in [0.15, 0.2) is 40.9 Å². The van der Waals surface area contributed by atoms with E-state index in [2.05, 4.69) is 31.9 Å². The smallest absolute Gasteiger partial charge is 0.261 e. The number of rotatable bonds is 5. The van der Waals surface area contributed by atoms with E-state index >= 15 is 0 Å². The molecule has 2 aromatic rings. The highest BCUT2D eigenvalue weighted by Gasteiger charge is 2.16. The van der Waals surface area contributed by atoms with E-state index in [-0.39, 0.29) is 23.0 Å². The minimum Gasteiger partial charge on any atom is -0.490 e. The molecular weight excluding hydrogens is 442 g/mol. The predicted molar refractivity (Wildman–Crippen MR) is 119 cm³/mol. The van der Waals surface area contributed by atoms with Crippen molar-refractivity contribution in [2.24, 2.45) is 0 Å². The summed E-state index contributed by atoms with van der Waals surface area (Å²) in [6.07, 6.45) is -0.0717. The van der Waals surface area contributed by atoms with Gasteiger partial charge in [0, 0.05) is 22.8 Å². The van der Waals surface area contributed by atoms with Gasteiger partial charge in [0.1, 0.15) is 5.75 Å². The number of carbonyl (C=O) groups is 2. The van der Waals surface area contributed by atoms with Gasteiger partial charge in [0.15, 0.2) is 5.11 Å². The molecule has 0 unspecified atom stereocenters. The van der Waals surface area contributed by atoms with Crippen molar-refractivity contribution < 1.29 is 14.3 Å². The van der Waals surface area contributed by atoms with Crippen LogP contribution in [0, 0.1) is 6.92 Å². The predicted octanol–water partition coefficient (Wildman–Crippen LogP) is 4.63. The third-order valence-corrected chi connectivity index (χ3v) is 4.28. The maximum atomic E-state index is 12.7. The number of halogens is 1. The minimum absolute atomic E-state index is 0.0717. The van der Waals surface area contributed by atoms with Gasteiger partial charge in [-0.15, -0.1) is 0 Å². The minimum atomic E-state index is -0.386. The van der Waals surface area contributed by atoms with Crippen LogP contribution in [0.1, 0.15) is 36.7 Å². The third kappa shape index (κ3) is 6.31. The second-order valence-corrected chi connectivity index (χ2v) is 7.75. The zero-order valence-electron chi connectivity index (χ0n) is 16.1. The van der Waals surface area contributed by atoms with Crippen LogP contribution < -0.4 is 20.7 Å². The molecule has 0 radical (unpaired) electrons. The lowest BCUT2D eigenvalue weighted by Crippen LogP contribution is -2.34. The molecule has 3 N–H and O–H groups in total. The van der Waals surface area contributed by atoms with E-state index in [0.29, 0.717) is 22.7 Å². The number of thiocarbonyl (C=S) groups is 1. The molecule has 28 heavy (non-hydrogen) atoms. The van der Waals surface area contributed by atoms with Gasteiger partial charge in [0.2, 0.25) is 5.91 Å². The van der Waals surface area contributed by atoms with Crippen LogP contribution >= 0.6 is 28.1 Å². The summed E-state index contributed by atoms with van der Waals surface area (Å²) in [4.78, 5) is 24.0. The number of benzene rings is 2. The topological polar surface area (TPSA) is 79.5 Å². The van der Waals surface area contributed by atoms with Crippen LogP contribution in [0.5, 0.6) is 5.75 Å². The number of amides is 2. The Kier molecular flexibility index (Phi) is 7.53. The van der Waals surface area contributed by atoms with Gasteiger partial charge in [-0.1, -0.05) is 22.0 Å². The Morgan fingerprint density at radius 3 is 2.46 bits per heavy atom. The van der Waals surface area contributed by atoms with Gasteiger partial charge in [-0.25, -0.2) is 0 Å². The summed E-state index contributed by atoms with van der Waals surface area (Å²) in [5.41, 5.74) is 2.61. The molecule has 0 fully saturated rings. The molecule has 148 valence electrons. The summed E-state index contributed by atoms with van der Waals surface area (Å²) in [5, 5.41) is 8.50. The molecule has 0 atom stereocenters. The first kappa shape index (κ1) is 21.8. The molecule has 8 heteroatoms. The number of hydrogen-bond donors (Lipinski definition) is 3. The summed E-state index contributed by atoms with van der Waals surface area (Å²) in [6.45, 7) is 7.11.